The normalized spacial score (nSPS) is 10.1. The highest BCUT2D eigenvalue weighted by Crippen LogP contribution is 2.09. The summed E-state index contributed by atoms with van der Waals surface area (Å²) >= 11 is 5.75. The summed E-state index contributed by atoms with van der Waals surface area (Å²) in [5.41, 5.74) is 1.16. The Morgan fingerprint density at radius 2 is 1.89 bits per heavy atom. The van der Waals surface area contributed by atoms with Crippen LogP contribution in [0.4, 0.5) is 0 Å². The van der Waals surface area contributed by atoms with Crippen molar-refractivity contribution in [2.75, 3.05) is 0 Å². The van der Waals surface area contributed by atoms with Crippen LogP contribution in [0, 0.1) is 0 Å². The Morgan fingerprint density at radius 3 is 2.50 bits per heavy atom. The third-order valence-corrected chi connectivity index (χ3v) is 2.67. The Morgan fingerprint density at radius 1 is 1.17 bits per heavy atom. The van der Waals surface area contributed by atoms with E-state index in [1.807, 2.05) is 0 Å². The molecule has 92 valence electrons. The van der Waals surface area contributed by atoms with Crippen LogP contribution in [0.1, 0.15) is 16.1 Å². The highest BCUT2D eigenvalue weighted by atomic mass is 35.5. The molecule has 1 amide bonds. The lowest BCUT2D eigenvalue weighted by atomic mass is 10.2. The molecule has 2 aromatic rings. The summed E-state index contributed by atoms with van der Waals surface area (Å²) in [6.45, 7) is 0.294. The zero-order chi connectivity index (χ0) is 13.0. The predicted octanol–water partition coefficient (Wildman–Crippen LogP) is 2.17. The van der Waals surface area contributed by atoms with Gasteiger partial charge in [-0.1, -0.05) is 23.7 Å². The molecule has 1 aromatic heterocycles. The minimum Gasteiger partial charge on any atom is -0.358 e. The topological polar surface area (TPSA) is 62.0 Å². The molecule has 0 aliphatic carbocycles. The van der Waals surface area contributed by atoms with Gasteiger partial charge in [-0.2, -0.15) is 0 Å². The van der Waals surface area contributed by atoms with E-state index < -0.39 is 11.7 Å². The van der Waals surface area contributed by atoms with Crippen molar-refractivity contribution in [3.05, 3.63) is 58.9 Å². The number of Topliss-reactive ketones (excluding diaryl/α,β-unsaturated/α-hetero) is 1. The van der Waals surface area contributed by atoms with Crippen molar-refractivity contribution in [3.63, 3.8) is 0 Å². The third kappa shape index (κ3) is 2.99. The highest BCUT2D eigenvalue weighted by molar-refractivity contribution is 6.42. The second-order valence-corrected chi connectivity index (χ2v) is 4.16. The van der Waals surface area contributed by atoms with Crippen LogP contribution in [0.25, 0.3) is 0 Å². The van der Waals surface area contributed by atoms with E-state index in [4.69, 9.17) is 11.6 Å². The molecule has 0 fully saturated rings. The van der Waals surface area contributed by atoms with E-state index in [2.05, 4.69) is 10.3 Å². The van der Waals surface area contributed by atoms with Crippen LogP contribution in [0.5, 0.6) is 0 Å². The Kier molecular flexibility index (Phi) is 3.79. The molecule has 0 radical (unpaired) electrons. The van der Waals surface area contributed by atoms with Crippen LogP contribution in [-0.4, -0.2) is 16.7 Å². The summed E-state index contributed by atoms with van der Waals surface area (Å²) < 4.78 is 0. The lowest BCUT2D eigenvalue weighted by Gasteiger charge is -2.04. The number of benzene rings is 1. The van der Waals surface area contributed by atoms with Gasteiger partial charge >= 0.3 is 0 Å². The first-order valence-corrected chi connectivity index (χ1v) is 5.75. The van der Waals surface area contributed by atoms with E-state index in [-0.39, 0.29) is 5.69 Å². The molecule has 0 aliphatic heterocycles. The molecule has 1 heterocycles. The fraction of sp³-hybridized carbons (Fsp3) is 0.0769. The number of hydrogen-bond donors (Lipinski definition) is 2. The first-order chi connectivity index (χ1) is 8.66. The summed E-state index contributed by atoms with van der Waals surface area (Å²) in [5, 5.41) is 3.19. The number of nitrogens with one attached hydrogen (secondary N) is 2. The van der Waals surface area contributed by atoms with Crippen LogP contribution >= 0.6 is 11.6 Å². The molecule has 2 rings (SSSR count). The molecule has 1 aromatic carbocycles. The van der Waals surface area contributed by atoms with Gasteiger partial charge in [0, 0.05) is 17.8 Å². The van der Waals surface area contributed by atoms with Gasteiger partial charge in [-0.05, 0) is 29.8 Å². The summed E-state index contributed by atoms with van der Waals surface area (Å²) in [6.07, 6.45) is 1.60. The Bertz CT molecular complexity index is 547. The van der Waals surface area contributed by atoms with Crippen molar-refractivity contribution in [1.82, 2.24) is 10.3 Å². The van der Waals surface area contributed by atoms with Gasteiger partial charge in [0.25, 0.3) is 11.7 Å². The zero-order valence-electron chi connectivity index (χ0n) is 9.44. The molecule has 0 aliphatic rings. The van der Waals surface area contributed by atoms with E-state index in [1.165, 1.54) is 0 Å². The number of carbonyl (C=O) groups excluding carboxylic acids is 2. The maximum Gasteiger partial charge on any atom is 0.294 e. The summed E-state index contributed by atoms with van der Waals surface area (Å²) in [6, 6.07) is 10.3. The number of halogens is 1. The van der Waals surface area contributed by atoms with Crippen molar-refractivity contribution in [2.45, 2.75) is 6.54 Å². The average Bonchev–Trinajstić information content (AvgIpc) is 2.90. The fourth-order valence-electron chi connectivity index (χ4n) is 1.46. The van der Waals surface area contributed by atoms with Crippen molar-refractivity contribution < 1.29 is 9.59 Å². The zero-order valence-corrected chi connectivity index (χ0v) is 10.2. The molecule has 0 atom stereocenters. The van der Waals surface area contributed by atoms with Crippen LogP contribution in [0.2, 0.25) is 5.02 Å². The SMILES string of the molecule is O=C(NCc1ccc(Cl)cc1)C(=O)c1ccc[nH]1. The van der Waals surface area contributed by atoms with Gasteiger partial charge in [0.1, 0.15) is 0 Å². The number of carbonyl (C=O) groups is 2. The summed E-state index contributed by atoms with van der Waals surface area (Å²) in [7, 11) is 0. The van der Waals surface area contributed by atoms with Gasteiger partial charge in [0.2, 0.25) is 0 Å². The van der Waals surface area contributed by atoms with Gasteiger partial charge in [-0.3, -0.25) is 9.59 Å². The van der Waals surface area contributed by atoms with Crippen molar-refractivity contribution in [3.8, 4) is 0 Å². The van der Waals surface area contributed by atoms with E-state index >= 15 is 0 Å². The second kappa shape index (κ2) is 5.51. The lowest BCUT2D eigenvalue weighted by molar-refractivity contribution is -0.117. The van der Waals surface area contributed by atoms with Gasteiger partial charge in [-0.15, -0.1) is 0 Å². The van der Waals surface area contributed by atoms with E-state index in [1.54, 1.807) is 42.6 Å². The molecule has 0 saturated heterocycles. The number of H-pyrrole nitrogens is 1. The van der Waals surface area contributed by atoms with Gasteiger partial charge < -0.3 is 10.3 Å². The fourth-order valence-corrected chi connectivity index (χ4v) is 1.58. The number of aromatic amines is 1. The van der Waals surface area contributed by atoms with Gasteiger partial charge in [-0.25, -0.2) is 0 Å². The maximum absolute atomic E-state index is 11.6. The standard InChI is InChI=1S/C13H11ClN2O2/c14-10-5-3-9(4-6-10)8-16-13(18)12(17)11-2-1-7-15-11/h1-7,15H,8H2,(H,16,18). The number of hydrogen-bond acceptors (Lipinski definition) is 2. The largest absolute Gasteiger partial charge is 0.358 e. The van der Waals surface area contributed by atoms with Gasteiger partial charge in [0.15, 0.2) is 0 Å². The molecule has 5 heteroatoms. The molecule has 0 saturated carbocycles. The van der Waals surface area contributed by atoms with E-state index in [0.717, 1.165) is 5.56 Å². The van der Waals surface area contributed by atoms with E-state index in [0.29, 0.717) is 11.6 Å². The minimum absolute atomic E-state index is 0.281. The monoisotopic (exact) mass is 262 g/mol. The first-order valence-electron chi connectivity index (χ1n) is 5.37. The predicted molar refractivity (Wildman–Crippen MR) is 68.4 cm³/mol. The maximum atomic E-state index is 11.6. The van der Waals surface area contributed by atoms with Crippen molar-refractivity contribution in [2.24, 2.45) is 0 Å². The second-order valence-electron chi connectivity index (χ2n) is 3.72. The molecular formula is C13H11ClN2O2. The van der Waals surface area contributed by atoms with Crippen LogP contribution < -0.4 is 5.32 Å². The Balaban J connectivity index is 1.92. The molecule has 0 spiro atoms. The summed E-state index contributed by atoms with van der Waals surface area (Å²) in [5.74, 6) is -1.21. The van der Waals surface area contributed by atoms with Crippen molar-refractivity contribution >= 4 is 23.3 Å². The number of aromatic nitrogens is 1. The lowest BCUT2D eigenvalue weighted by Crippen LogP contribution is -2.30. The van der Waals surface area contributed by atoms with Crippen LogP contribution in [0.3, 0.4) is 0 Å². The molecule has 0 bridgehead atoms. The smallest absolute Gasteiger partial charge is 0.294 e. The van der Waals surface area contributed by atoms with Crippen molar-refractivity contribution in [1.29, 1.82) is 0 Å². The number of amides is 1. The number of rotatable bonds is 4. The third-order valence-electron chi connectivity index (χ3n) is 2.42. The quantitative estimate of drug-likeness (QED) is 0.655. The van der Waals surface area contributed by atoms with Gasteiger partial charge in [0.05, 0.1) is 5.69 Å². The Labute approximate surface area is 109 Å². The van der Waals surface area contributed by atoms with Crippen LogP contribution in [0.15, 0.2) is 42.6 Å². The number of ketones is 1. The molecule has 2 N–H and O–H groups in total. The minimum atomic E-state index is -0.632. The molecular weight excluding hydrogens is 252 g/mol. The Hall–Kier alpha value is -2.07. The molecule has 0 unspecified atom stereocenters. The molecule has 18 heavy (non-hydrogen) atoms. The average molecular weight is 263 g/mol. The van der Waals surface area contributed by atoms with Crippen LogP contribution in [-0.2, 0) is 11.3 Å². The summed E-state index contributed by atoms with van der Waals surface area (Å²) in [4.78, 5) is 25.9. The first kappa shape index (κ1) is 12.4. The molecule has 4 nitrogen and oxygen atoms in total. The van der Waals surface area contributed by atoms with E-state index in [9.17, 15) is 9.59 Å². The highest BCUT2D eigenvalue weighted by Gasteiger charge is 2.15.